The Bertz CT molecular complexity index is 3020. The molecule has 18 heteroatoms. The van der Waals surface area contributed by atoms with E-state index in [4.69, 9.17) is 33.5 Å². The number of thioether (sulfide) groups is 1. The molecule has 10 rings (SSSR count). The van der Waals surface area contributed by atoms with Gasteiger partial charge in [-0.3, -0.25) is 29.2 Å². The maximum atomic E-state index is 14.1. The number of amides is 3. The van der Waals surface area contributed by atoms with Crippen molar-refractivity contribution in [3.8, 4) is 23.0 Å². The van der Waals surface area contributed by atoms with Gasteiger partial charge in [-0.25, -0.2) is 4.79 Å². The summed E-state index contributed by atoms with van der Waals surface area (Å²) in [4.78, 5) is 68.4. The molecule has 0 saturated carbocycles. The Morgan fingerprint density at radius 1 is 0.811 bits per heavy atom. The molecule has 5 aliphatic heterocycles. The van der Waals surface area contributed by atoms with Crippen molar-refractivity contribution in [1.29, 1.82) is 0 Å². The third-order valence-electron chi connectivity index (χ3n) is 13.8. The summed E-state index contributed by atoms with van der Waals surface area (Å²) < 4.78 is 30.4. The normalized spacial score (nSPS) is 18.4. The number of fused-ring (bicyclic) bond motifs is 8. The Morgan fingerprint density at radius 2 is 1.45 bits per heavy atom. The molecule has 1 fully saturated rings. The van der Waals surface area contributed by atoms with E-state index in [1.807, 2.05) is 86.6 Å². The molecule has 0 radical (unpaired) electrons. The van der Waals surface area contributed by atoms with Gasteiger partial charge < -0.3 is 43.8 Å². The highest BCUT2D eigenvalue weighted by Crippen LogP contribution is 2.43. The van der Waals surface area contributed by atoms with Gasteiger partial charge in [-0.1, -0.05) is 48.5 Å². The summed E-state index contributed by atoms with van der Waals surface area (Å²) >= 11 is 1.35. The number of aliphatic hydroxyl groups is 1. The molecule has 0 spiro atoms. The number of aliphatic hydroxyl groups excluding tert-OH is 1. The number of benzene rings is 5. The number of nitrogens with zero attached hydrogens (tertiary/aromatic N) is 5. The summed E-state index contributed by atoms with van der Waals surface area (Å²) in [5.74, 6) is 0.494. The van der Waals surface area contributed by atoms with E-state index < -0.39 is 22.9 Å². The summed E-state index contributed by atoms with van der Waals surface area (Å²) in [5, 5.41) is 14.2. The summed E-state index contributed by atoms with van der Waals surface area (Å²) in [5.41, 5.74) is 8.91. The lowest BCUT2D eigenvalue weighted by Crippen LogP contribution is -2.39. The number of methoxy groups -OCH3 is 2. The molecule has 0 bridgehead atoms. The maximum Gasteiger partial charge on any atom is 0.342 e. The van der Waals surface area contributed by atoms with Gasteiger partial charge in [-0.05, 0) is 85.5 Å². The molecule has 2 N–H and O–H groups in total. The van der Waals surface area contributed by atoms with Crippen LogP contribution in [-0.2, 0) is 51.8 Å². The molecule has 1 unspecified atom stereocenters. The van der Waals surface area contributed by atoms with Gasteiger partial charge in [-0.15, -0.1) is 16.8 Å². The average Bonchev–Trinajstić information content (AvgIpc) is 4.01. The van der Waals surface area contributed by atoms with E-state index in [0.717, 1.165) is 50.7 Å². The monoisotopic (exact) mass is 1020 g/mol. The number of hydrogen-bond donors (Lipinski definition) is 2. The second-order valence-corrected chi connectivity index (χ2v) is 21.4. The Kier molecular flexibility index (Phi) is 14.6. The van der Waals surface area contributed by atoms with Crippen LogP contribution < -0.4 is 34.1 Å². The summed E-state index contributed by atoms with van der Waals surface area (Å²) in [6.07, 6.45) is 2.54. The highest BCUT2D eigenvalue weighted by molar-refractivity contribution is 8.01. The predicted octanol–water partition coefficient (Wildman–Crippen LogP) is 7.51. The molecule has 17 nitrogen and oxygen atoms in total. The van der Waals surface area contributed by atoms with Crippen LogP contribution in [0.5, 0.6) is 23.0 Å². The highest BCUT2D eigenvalue weighted by atomic mass is 32.2. The van der Waals surface area contributed by atoms with E-state index in [9.17, 15) is 24.3 Å². The van der Waals surface area contributed by atoms with Crippen molar-refractivity contribution in [3.63, 3.8) is 0 Å². The van der Waals surface area contributed by atoms with Crippen molar-refractivity contribution in [3.05, 3.63) is 130 Å². The maximum absolute atomic E-state index is 14.1. The average molecular weight is 1030 g/mol. The van der Waals surface area contributed by atoms with Crippen LogP contribution >= 0.6 is 11.8 Å². The van der Waals surface area contributed by atoms with Crippen LogP contribution in [0, 0.1) is 0 Å². The fourth-order valence-corrected chi connectivity index (χ4v) is 10.9. The molecule has 74 heavy (non-hydrogen) atoms. The van der Waals surface area contributed by atoms with Crippen LogP contribution in [0.1, 0.15) is 75.2 Å². The number of rotatable bonds is 19. The molecular weight excluding hydrogens is 965 g/mol. The molecule has 5 aliphatic rings. The smallest absolute Gasteiger partial charge is 0.342 e. The first-order chi connectivity index (χ1) is 35.7. The van der Waals surface area contributed by atoms with E-state index in [2.05, 4.69) is 28.4 Å². The van der Waals surface area contributed by atoms with E-state index in [-0.39, 0.29) is 55.7 Å². The Hall–Kier alpha value is -7.12. The molecule has 3 amide bonds. The number of para-hydroxylation sites is 2. The minimum absolute atomic E-state index is 0.00916. The van der Waals surface area contributed by atoms with Crippen LogP contribution in [0.3, 0.4) is 0 Å². The fourth-order valence-electron chi connectivity index (χ4n) is 10.1. The molecule has 3 atom stereocenters. The van der Waals surface area contributed by atoms with E-state index in [1.165, 1.54) is 11.8 Å². The number of aliphatic imine (C=N–C) groups is 1. The second-order valence-electron chi connectivity index (χ2n) is 19.7. The Morgan fingerprint density at radius 3 is 2.14 bits per heavy atom. The molecule has 0 aromatic heterocycles. The zero-order valence-electron chi connectivity index (χ0n) is 42.1. The van der Waals surface area contributed by atoms with Gasteiger partial charge >= 0.3 is 5.97 Å². The van der Waals surface area contributed by atoms with Crippen LogP contribution in [0.25, 0.3) is 0 Å². The lowest BCUT2D eigenvalue weighted by atomic mass is 10.1. The number of hydroxylamine groups is 2. The van der Waals surface area contributed by atoms with Gasteiger partial charge in [0, 0.05) is 73.4 Å². The summed E-state index contributed by atoms with van der Waals surface area (Å²) in [6, 6.07) is 29.0. The first-order valence-electron chi connectivity index (χ1n) is 24.8. The van der Waals surface area contributed by atoms with Gasteiger partial charge in [0.05, 0.1) is 67.8 Å². The SMILES string of the molecule is COc1cc2c(cc1OCc1cc(COc3cc4c(cc3OC)C(=O)N3c5ccccc5C[C@H]3CN4)cc(CN(C)CCOCC(C)(C)SCC(=O)ON3C(=O)CCC3O)c1)N=C[C@@H]1Cc3ccccc3N1C2=O. The third kappa shape index (κ3) is 10.6. The lowest BCUT2D eigenvalue weighted by Gasteiger charge is -2.25. The molecule has 1 saturated heterocycles. The molecular formula is C56H60N6O11S. The quantitative estimate of drug-likeness (QED) is 0.0776. The van der Waals surface area contributed by atoms with Crippen molar-refractivity contribution in [1.82, 2.24) is 9.96 Å². The minimum atomic E-state index is -1.11. The number of nitrogens with one attached hydrogen (secondary N) is 1. The van der Waals surface area contributed by atoms with Gasteiger partial charge in [-0.2, -0.15) is 0 Å². The Labute approximate surface area is 434 Å². The van der Waals surface area contributed by atoms with Crippen LogP contribution in [-0.4, -0.2) is 121 Å². The van der Waals surface area contributed by atoms with E-state index >= 15 is 0 Å². The van der Waals surface area contributed by atoms with Crippen LogP contribution in [0.15, 0.2) is 96.0 Å². The fraction of sp³-hybridized carbons (Fsp3) is 0.375. The van der Waals surface area contributed by atoms with Crippen molar-refractivity contribution in [2.75, 3.05) is 68.4 Å². The molecule has 5 heterocycles. The van der Waals surface area contributed by atoms with Gasteiger partial charge in [0.2, 0.25) is 0 Å². The number of carbonyl (C=O) groups is 4. The third-order valence-corrected chi connectivity index (χ3v) is 15.1. The summed E-state index contributed by atoms with van der Waals surface area (Å²) in [6.45, 7) is 6.79. The Balaban J connectivity index is 0.837. The standard InChI is InChI=1S/C56H60N6O11S/c1-56(2,74-32-53(65)73-62-51(63)14-15-52(62)64)33-70-17-16-59(3)29-34-18-35(30-71-49-25-43-41(23-47(49)68-4)54(66)60-39(27-57-43)21-37-10-6-8-12-45(37)60)20-36(19-34)31-72-50-26-44-42(24-48(50)69-5)55(67)61-40(28-58-44)22-38-11-7-9-13-46(38)61/h6-13,18-20,23-27,39-40,51,58,63H,14-17,21-22,28-33H2,1-5H3/t39-,40-,51?/m0/s1. The predicted molar refractivity (Wildman–Crippen MR) is 281 cm³/mol. The van der Waals surface area contributed by atoms with Gasteiger partial charge in [0.15, 0.2) is 29.2 Å². The zero-order valence-corrected chi connectivity index (χ0v) is 42.9. The molecule has 0 aliphatic carbocycles. The lowest BCUT2D eigenvalue weighted by molar-refractivity contribution is -0.218. The zero-order chi connectivity index (χ0) is 51.7. The first kappa shape index (κ1) is 50.4. The van der Waals surface area contributed by atoms with Crippen LogP contribution in [0.4, 0.5) is 22.7 Å². The molecule has 5 aromatic rings. The molecule has 386 valence electrons. The van der Waals surface area contributed by atoms with Crippen molar-refractivity contribution in [2.24, 2.45) is 4.99 Å². The molecule has 5 aromatic carbocycles. The van der Waals surface area contributed by atoms with Crippen molar-refractivity contribution in [2.45, 2.75) is 82.3 Å². The van der Waals surface area contributed by atoms with Crippen molar-refractivity contribution < 1.29 is 52.8 Å². The van der Waals surface area contributed by atoms with Gasteiger partial charge in [0.25, 0.3) is 17.7 Å². The minimum Gasteiger partial charge on any atom is -0.493 e. The van der Waals surface area contributed by atoms with Crippen molar-refractivity contribution >= 4 is 64.4 Å². The van der Waals surface area contributed by atoms with Crippen LogP contribution in [0.2, 0.25) is 0 Å². The first-order valence-corrected chi connectivity index (χ1v) is 25.8. The number of hydrogen-bond acceptors (Lipinski definition) is 15. The summed E-state index contributed by atoms with van der Waals surface area (Å²) in [7, 11) is 5.13. The van der Waals surface area contributed by atoms with E-state index in [0.29, 0.717) is 84.8 Å². The number of carbonyl (C=O) groups excluding carboxylic acids is 4. The van der Waals surface area contributed by atoms with E-state index in [1.54, 1.807) is 37.3 Å². The number of anilines is 3. The van der Waals surface area contributed by atoms with Gasteiger partial charge in [0.1, 0.15) is 13.2 Å². The highest BCUT2D eigenvalue weighted by Gasteiger charge is 2.39. The second kappa shape index (κ2) is 21.4. The topological polar surface area (TPSA) is 181 Å². The number of likely N-dealkylation sites (N-methyl/N-ethyl adjacent to an activating group) is 1. The largest absolute Gasteiger partial charge is 0.493 e. The number of ether oxygens (including phenoxy) is 5.